The number of rotatable bonds is 9. The van der Waals surface area contributed by atoms with Crippen LogP contribution in [-0.2, 0) is 22.7 Å². The van der Waals surface area contributed by atoms with Gasteiger partial charge in [0.2, 0.25) is 0 Å². The van der Waals surface area contributed by atoms with Crippen molar-refractivity contribution in [3.63, 3.8) is 0 Å². The summed E-state index contributed by atoms with van der Waals surface area (Å²) in [5.41, 5.74) is 3.42. The van der Waals surface area contributed by atoms with Crippen LogP contribution in [0.3, 0.4) is 0 Å². The van der Waals surface area contributed by atoms with E-state index in [4.69, 9.17) is 23.9 Å². The van der Waals surface area contributed by atoms with Crippen LogP contribution in [-0.4, -0.2) is 60.2 Å². The number of carbonyl (C=O) groups is 1. The van der Waals surface area contributed by atoms with Crippen LogP contribution in [0.25, 0.3) is 11.3 Å². The lowest BCUT2D eigenvalue weighted by Gasteiger charge is -2.12. The first-order valence-electron chi connectivity index (χ1n) is 9.64. The van der Waals surface area contributed by atoms with Gasteiger partial charge in [0.25, 0.3) is 11.8 Å². The van der Waals surface area contributed by atoms with Gasteiger partial charge in [-0.1, -0.05) is 0 Å². The van der Waals surface area contributed by atoms with E-state index in [0.717, 1.165) is 5.56 Å². The van der Waals surface area contributed by atoms with Gasteiger partial charge in [-0.3, -0.25) is 14.7 Å². The van der Waals surface area contributed by atoms with Crippen molar-refractivity contribution in [2.75, 3.05) is 39.4 Å². The van der Waals surface area contributed by atoms with Crippen molar-refractivity contribution in [3.05, 3.63) is 48.0 Å². The minimum absolute atomic E-state index is 0.112. The molecule has 4 heterocycles. The second-order valence-electron chi connectivity index (χ2n) is 6.79. The highest BCUT2D eigenvalue weighted by Gasteiger charge is 2.31. The largest absolute Gasteiger partial charge is 0.491 e. The fourth-order valence-electron chi connectivity index (χ4n) is 3.29. The Kier molecular flexibility index (Phi) is 6.10. The van der Waals surface area contributed by atoms with E-state index in [9.17, 15) is 4.79 Å². The first-order chi connectivity index (χ1) is 15.1. The summed E-state index contributed by atoms with van der Waals surface area (Å²) in [6, 6.07) is 5.40. The summed E-state index contributed by atoms with van der Waals surface area (Å²) in [6.07, 6.45) is 5.08. The molecule has 10 heteroatoms. The molecule has 4 rings (SSSR count). The molecule has 0 bridgehead atoms. The second kappa shape index (κ2) is 9.11. The Labute approximate surface area is 179 Å². The van der Waals surface area contributed by atoms with Crippen LogP contribution in [0, 0.1) is 0 Å². The number of aromatic nitrogens is 4. The number of hydrogen-bond donors (Lipinski definition) is 0. The maximum absolute atomic E-state index is 12.9. The molecule has 3 aromatic heterocycles. The SMILES string of the molecule is COCCOCn1cc(N2Cc3nc(-c4cnc(OC)c(OC)c4)ccc3C2=O)cn1. The van der Waals surface area contributed by atoms with Gasteiger partial charge >= 0.3 is 0 Å². The number of carbonyl (C=O) groups excluding carboxylic acids is 1. The highest BCUT2D eigenvalue weighted by atomic mass is 16.5. The van der Waals surface area contributed by atoms with Crippen LogP contribution in [0.4, 0.5) is 5.69 Å². The topological polar surface area (TPSA) is 101 Å². The van der Waals surface area contributed by atoms with Crippen molar-refractivity contribution in [2.45, 2.75) is 13.3 Å². The van der Waals surface area contributed by atoms with Crippen molar-refractivity contribution in [3.8, 4) is 22.9 Å². The number of hydrogen-bond acceptors (Lipinski definition) is 8. The average Bonchev–Trinajstić information content (AvgIpc) is 3.40. The van der Waals surface area contributed by atoms with Gasteiger partial charge in [-0.25, -0.2) is 9.67 Å². The zero-order chi connectivity index (χ0) is 21.8. The standard InChI is InChI=1S/C21H23N5O5/c1-28-6-7-31-13-25-11-15(10-23-25)26-12-18-16(21(26)27)4-5-17(24-18)14-8-19(29-2)20(30-3)22-9-14/h4-5,8-11H,6-7,12-13H2,1-3H3. The summed E-state index contributed by atoms with van der Waals surface area (Å²) >= 11 is 0. The summed E-state index contributed by atoms with van der Waals surface area (Å²) in [4.78, 5) is 23.5. The van der Waals surface area contributed by atoms with Gasteiger partial charge in [-0.15, -0.1) is 0 Å². The summed E-state index contributed by atoms with van der Waals surface area (Å²) in [7, 11) is 4.71. The minimum atomic E-state index is -0.112. The maximum Gasteiger partial charge on any atom is 0.260 e. The number of amides is 1. The lowest BCUT2D eigenvalue weighted by atomic mass is 10.1. The Hall–Kier alpha value is -3.50. The van der Waals surface area contributed by atoms with Gasteiger partial charge in [0.05, 0.1) is 69.0 Å². The number of ether oxygens (including phenoxy) is 4. The van der Waals surface area contributed by atoms with Crippen molar-refractivity contribution >= 4 is 11.6 Å². The molecule has 31 heavy (non-hydrogen) atoms. The number of nitrogens with zero attached hydrogens (tertiary/aromatic N) is 5. The van der Waals surface area contributed by atoms with Crippen molar-refractivity contribution in [1.82, 2.24) is 19.7 Å². The zero-order valence-corrected chi connectivity index (χ0v) is 17.6. The van der Waals surface area contributed by atoms with E-state index in [1.165, 1.54) is 7.11 Å². The van der Waals surface area contributed by atoms with E-state index in [-0.39, 0.29) is 12.6 Å². The molecule has 162 valence electrons. The molecule has 0 spiro atoms. The number of fused-ring (bicyclic) bond motifs is 1. The van der Waals surface area contributed by atoms with E-state index in [1.807, 2.05) is 6.07 Å². The molecular weight excluding hydrogens is 402 g/mol. The summed E-state index contributed by atoms with van der Waals surface area (Å²) in [5, 5.41) is 4.26. The van der Waals surface area contributed by atoms with Crippen LogP contribution < -0.4 is 14.4 Å². The molecule has 0 aromatic carbocycles. The molecule has 0 atom stereocenters. The molecule has 3 aromatic rings. The third-order valence-electron chi connectivity index (χ3n) is 4.87. The average molecular weight is 425 g/mol. The normalized spacial score (nSPS) is 12.9. The fraction of sp³-hybridized carbons (Fsp3) is 0.333. The Morgan fingerprint density at radius 3 is 2.74 bits per heavy atom. The minimum Gasteiger partial charge on any atom is -0.491 e. The van der Waals surface area contributed by atoms with Crippen LogP contribution in [0.15, 0.2) is 36.8 Å². The fourth-order valence-corrected chi connectivity index (χ4v) is 3.29. The molecule has 10 nitrogen and oxygen atoms in total. The third-order valence-corrected chi connectivity index (χ3v) is 4.87. The highest BCUT2D eigenvalue weighted by Crippen LogP contribution is 2.32. The van der Waals surface area contributed by atoms with Crippen LogP contribution in [0.5, 0.6) is 11.6 Å². The molecule has 0 unspecified atom stereocenters. The predicted octanol–water partition coefficient (Wildman–Crippen LogP) is 2.14. The quantitative estimate of drug-likeness (QED) is 0.481. The molecule has 0 fully saturated rings. The Bertz CT molecular complexity index is 1080. The Morgan fingerprint density at radius 1 is 1.10 bits per heavy atom. The van der Waals surface area contributed by atoms with E-state index >= 15 is 0 Å². The number of methoxy groups -OCH3 is 3. The lowest BCUT2D eigenvalue weighted by molar-refractivity contribution is 0.0289. The van der Waals surface area contributed by atoms with Crippen molar-refractivity contribution in [2.24, 2.45) is 0 Å². The van der Waals surface area contributed by atoms with Gasteiger partial charge < -0.3 is 18.9 Å². The molecule has 1 aliphatic rings. The molecular formula is C21H23N5O5. The first-order valence-corrected chi connectivity index (χ1v) is 9.64. The van der Waals surface area contributed by atoms with Crippen molar-refractivity contribution in [1.29, 1.82) is 0 Å². The zero-order valence-electron chi connectivity index (χ0n) is 17.6. The Morgan fingerprint density at radius 2 is 1.97 bits per heavy atom. The summed E-state index contributed by atoms with van der Waals surface area (Å²) in [5.74, 6) is 0.802. The van der Waals surface area contributed by atoms with Gasteiger partial charge in [-0.2, -0.15) is 5.10 Å². The molecule has 1 amide bonds. The number of pyridine rings is 2. The summed E-state index contributed by atoms with van der Waals surface area (Å²) in [6.45, 7) is 1.63. The van der Waals surface area contributed by atoms with E-state index in [0.29, 0.717) is 54.0 Å². The Balaban J connectivity index is 1.52. The molecule has 1 aliphatic heterocycles. The second-order valence-corrected chi connectivity index (χ2v) is 6.79. The van der Waals surface area contributed by atoms with E-state index < -0.39 is 0 Å². The first kappa shape index (κ1) is 20.8. The predicted molar refractivity (Wildman–Crippen MR) is 111 cm³/mol. The third kappa shape index (κ3) is 4.21. The van der Waals surface area contributed by atoms with Gasteiger partial charge in [0.1, 0.15) is 6.73 Å². The smallest absolute Gasteiger partial charge is 0.260 e. The van der Waals surface area contributed by atoms with Gasteiger partial charge in [0.15, 0.2) is 5.75 Å². The van der Waals surface area contributed by atoms with E-state index in [1.54, 1.807) is 54.5 Å². The number of anilines is 1. The van der Waals surface area contributed by atoms with Crippen LogP contribution in [0.2, 0.25) is 0 Å². The summed E-state index contributed by atoms with van der Waals surface area (Å²) < 4.78 is 22.6. The van der Waals surface area contributed by atoms with Gasteiger partial charge in [-0.05, 0) is 18.2 Å². The van der Waals surface area contributed by atoms with Crippen molar-refractivity contribution < 1.29 is 23.7 Å². The van der Waals surface area contributed by atoms with E-state index in [2.05, 4.69) is 10.1 Å². The van der Waals surface area contributed by atoms with Gasteiger partial charge in [0, 0.05) is 18.9 Å². The molecule has 0 aliphatic carbocycles. The molecule has 0 N–H and O–H groups in total. The molecule has 0 saturated heterocycles. The monoisotopic (exact) mass is 425 g/mol. The maximum atomic E-state index is 12.9. The highest BCUT2D eigenvalue weighted by molar-refractivity contribution is 6.09. The molecule has 0 saturated carbocycles. The van der Waals surface area contributed by atoms with Crippen LogP contribution in [0.1, 0.15) is 16.1 Å². The van der Waals surface area contributed by atoms with Crippen LogP contribution >= 0.6 is 0 Å². The molecule has 0 radical (unpaired) electrons. The lowest BCUT2D eigenvalue weighted by Crippen LogP contribution is -2.22.